The average Bonchev–Trinajstić information content (AvgIpc) is 1.89. The van der Waals surface area contributed by atoms with Gasteiger partial charge in [-0.05, 0) is 12.3 Å². The van der Waals surface area contributed by atoms with E-state index >= 15 is 0 Å². The minimum Gasteiger partial charge on any atom is -0.468 e. The van der Waals surface area contributed by atoms with Crippen LogP contribution in [0.3, 0.4) is 0 Å². The summed E-state index contributed by atoms with van der Waals surface area (Å²) < 4.78 is 4.53. The lowest BCUT2D eigenvalue weighted by atomic mass is 10.1. The van der Waals surface area contributed by atoms with Gasteiger partial charge in [-0.25, -0.2) is 0 Å². The highest BCUT2D eigenvalue weighted by Gasteiger charge is 1.96. The molecule has 9 heavy (non-hydrogen) atoms. The van der Waals surface area contributed by atoms with Gasteiger partial charge in [0.25, 0.3) is 6.47 Å². The molecule has 0 spiro atoms. The molecule has 0 aliphatic heterocycles. The highest BCUT2D eigenvalue weighted by atomic mass is 16.5. The molecule has 0 aromatic rings. The fourth-order valence-electron chi connectivity index (χ4n) is 0.521. The van der Waals surface area contributed by atoms with E-state index in [1.807, 2.05) is 0 Å². The molecular weight excluding hydrogens is 116 g/mol. The molecule has 1 unspecified atom stereocenters. The fraction of sp³-hybridized carbons (Fsp3) is 0.857. The molecule has 0 saturated carbocycles. The summed E-state index contributed by atoms with van der Waals surface area (Å²) in [7, 11) is 0. The number of carbonyl (C=O) groups excluding carboxylic acids is 1. The Kier molecular flexibility index (Phi) is 5.27. The van der Waals surface area contributed by atoms with Crippen molar-refractivity contribution in [2.24, 2.45) is 5.92 Å². The maximum Gasteiger partial charge on any atom is 0.293 e. The van der Waals surface area contributed by atoms with Crippen LogP contribution in [0.25, 0.3) is 0 Å². The molecule has 2 heteroatoms. The van der Waals surface area contributed by atoms with Crippen molar-refractivity contribution in [3.05, 3.63) is 0 Å². The van der Waals surface area contributed by atoms with Crippen LogP contribution in [0.4, 0.5) is 0 Å². The summed E-state index contributed by atoms with van der Waals surface area (Å²) in [6.45, 7) is 5.35. The lowest BCUT2D eigenvalue weighted by Crippen LogP contribution is -1.99. The highest BCUT2D eigenvalue weighted by molar-refractivity contribution is 5.36. The molecule has 0 aromatic carbocycles. The summed E-state index contributed by atoms with van der Waals surface area (Å²) in [4.78, 5) is 9.65. The van der Waals surface area contributed by atoms with Gasteiger partial charge in [0.15, 0.2) is 0 Å². The van der Waals surface area contributed by atoms with Crippen molar-refractivity contribution in [2.45, 2.75) is 26.7 Å². The third-order valence-corrected chi connectivity index (χ3v) is 1.49. The zero-order valence-electron chi connectivity index (χ0n) is 6.09. The van der Waals surface area contributed by atoms with E-state index in [4.69, 9.17) is 0 Å². The molecule has 0 bridgehead atoms. The number of rotatable bonds is 5. The van der Waals surface area contributed by atoms with E-state index in [0.717, 1.165) is 12.8 Å². The van der Waals surface area contributed by atoms with Crippen LogP contribution in [0.15, 0.2) is 0 Å². The summed E-state index contributed by atoms with van der Waals surface area (Å²) >= 11 is 0. The van der Waals surface area contributed by atoms with Crippen LogP contribution in [0, 0.1) is 5.92 Å². The summed E-state index contributed by atoms with van der Waals surface area (Å²) in [5.41, 5.74) is 0. The minimum absolute atomic E-state index is 0.502. The van der Waals surface area contributed by atoms with E-state index in [0.29, 0.717) is 19.0 Å². The maximum atomic E-state index is 9.65. The summed E-state index contributed by atoms with van der Waals surface area (Å²) in [5.74, 6) is 0.671. The summed E-state index contributed by atoms with van der Waals surface area (Å²) in [6, 6.07) is 0. The molecule has 54 valence electrons. The second-order valence-electron chi connectivity index (χ2n) is 2.27. The van der Waals surface area contributed by atoms with Gasteiger partial charge < -0.3 is 4.74 Å². The first-order valence-corrected chi connectivity index (χ1v) is 3.36. The molecule has 0 saturated heterocycles. The third kappa shape index (κ3) is 5.34. The molecule has 1 atom stereocenters. The maximum absolute atomic E-state index is 9.65. The zero-order chi connectivity index (χ0) is 7.11. The van der Waals surface area contributed by atoms with Crippen molar-refractivity contribution in [2.75, 3.05) is 6.61 Å². The van der Waals surface area contributed by atoms with Gasteiger partial charge >= 0.3 is 0 Å². The molecule has 0 aliphatic carbocycles. The van der Waals surface area contributed by atoms with Crippen molar-refractivity contribution in [1.82, 2.24) is 0 Å². The first-order valence-electron chi connectivity index (χ1n) is 3.36. The Hall–Kier alpha value is -0.530. The van der Waals surface area contributed by atoms with E-state index in [9.17, 15) is 4.79 Å². The average molecular weight is 130 g/mol. The van der Waals surface area contributed by atoms with E-state index in [1.165, 1.54) is 0 Å². The van der Waals surface area contributed by atoms with Crippen LogP contribution in [0.5, 0.6) is 0 Å². The molecular formula is C7H14O2. The van der Waals surface area contributed by atoms with Gasteiger partial charge in [-0.3, -0.25) is 4.79 Å². The molecule has 0 radical (unpaired) electrons. The summed E-state index contributed by atoms with van der Waals surface area (Å²) in [6.07, 6.45) is 2.14. The number of hydrogen-bond donors (Lipinski definition) is 0. The fourth-order valence-corrected chi connectivity index (χ4v) is 0.521. The highest BCUT2D eigenvalue weighted by Crippen LogP contribution is 2.04. The first kappa shape index (κ1) is 8.47. The molecule has 0 aliphatic rings. The van der Waals surface area contributed by atoms with Crippen LogP contribution in [0.1, 0.15) is 26.7 Å². The smallest absolute Gasteiger partial charge is 0.293 e. The lowest BCUT2D eigenvalue weighted by Gasteiger charge is -2.04. The molecule has 0 amide bonds. The van der Waals surface area contributed by atoms with Crippen LogP contribution < -0.4 is 0 Å². The van der Waals surface area contributed by atoms with Gasteiger partial charge in [0.2, 0.25) is 0 Å². The standard InChI is InChI=1S/C7H14O2/c1-3-7(2)4-5-9-6-8/h6-7H,3-5H2,1-2H3. The van der Waals surface area contributed by atoms with Gasteiger partial charge in [-0.2, -0.15) is 0 Å². The predicted molar refractivity (Wildman–Crippen MR) is 36.1 cm³/mol. The quantitative estimate of drug-likeness (QED) is 0.417. The lowest BCUT2D eigenvalue weighted by molar-refractivity contribution is -0.129. The van der Waals surface area contributed by atoms with E-state index < -0.39 is 0 Å². The largest absolute Gasteiger partial charge is 0.468 e. The van der Waals surface area contributed by atoms with Gasteiger partial charge in [0.05, 0.1) is 6.61 Å². The molecule has 0 fully saturated rings. The zero-order valence-corrected chi connectivity index (χ0v) is 6.09. The Labute approximate surface area is 56.2 Å². The Morgan fingerprint density at radius 3 is 2.78 bits per heavy atom. The Morgan fingerprint density at radius 2 is 2.33 bits per heavy atom. The van der Waals surface area contributed by atoms with Crippen molar-refractivity contribution in [3.63, 3.8) is 0 Å². The van der Waals surface area contributed by atoms with Gasteiger partial charge in [-0.15, -0.1) is 0 Å². The molecule has 0 aromatic heterocycles. The van der Waals surface area contributed by atoms with Crippen molar-refractivity contribution in [1.29, 1.82) is 0 Å². The van der Waals surface area contributed by atoms with Crippen molar-refractivity contribution in [3.8, 4) is 0 Å². The molecule has 2 nitrogen and oxygen atoms in total. The first-order chi connectivity index (χ1) is 4.31. The van der Waals surface area contributed by atoms with Crippen LogP contribution in [0.2, 0.25) is 0 Å². The van der Waals surface area contributed by atoms with Gasteiger partial charge in [0, 0.05) is 0 Å². The van der Waals surface area contributed by atoms with Crippen LogP contribution in [-0.2, 0) is 9.53 Å². The van der Waals surface area contributed by atoms with E-state index in [2.05, 4.69) is 18.6 Å². The SMILES string of the molecule is CCC(C)CCOC=O. The molecule has 0 rings (SSSR count). The van der Waals surface area contributed by atoms with Crippen molar-refractivity contribution < 1.29 is 9.53 Å². The topological polar surface area (TPSA) is 26.3 Å². The van der Waals surface area contributed by atoms with E-state index in [1.54, 1.807) is 0 Å². The Bertz CT molecular complexity index is 71.3. The summed E-state index contributed by atoms with van der Waals surface area (Å²) in [5, 5.41) is 0. The Balaban J connectivity index is 2.96. The number of hydrogen-bond acceptors (Lipinski definition) is 2. The Morgan fingerprint density at radius 1 is 1.67 bits per heavy atom. The third-order valence-electron chi connectivity index (χ3n) is 1.49. The molecule has 0 heterocycles. The van der Waals surface area contributed by atoms with Gasteiger partial charge in [0.1, 0.15) is 0 Å². The van der Waals surface area contributed by atoms with E-state index in [-0.39, 0.29) is 0 Å². The monoisotopic (exact) mass is 130 g/mol. The minimum atomic E-state index is 0.502. The number of carbonyl (C=O) groups is 1. The van der Waals surface area contributed by atoms with Crippen molar-refractivity contribution >= 4 is 6.47 Å². The predicted octanol–water partition coefficient (Wildman–Crippen LogP) is 1.60. The second-order valence-corrected chi connectivity index (χ2v) is 2.27. The number of ether oxygens (including phenoxy) is 1. The molecule has 0 N–H and O–H groups in total. The van der Waals surface area contributed by atoms with Crippen LogP contribution in [-0.4, -0.2) is 13.1 Å². The van der Waals surface area contributed by atoms with Crippen LogP contribution >= 0.6 is 0 Å². The normalized spacial score (nSPS) is 12.7. The second kappa shape index (κ2) is 5.60. The van der Waals surface area contributed by atoms with Gasteiger partial charge in [-0.1, -0.05) is 20.3 Å².